The largest absolute Gasteiger partial charge is 0.510 e. The Morgan fingerprint density at radius 1 is 1.50 bits per heavy atom. The Morgan fingerprint density at radius 3 is 2.79 bits per heavy atom. The summed E-state index contributed by atoms with van der Waals surface area (Å²) in [5.41, 5.74) is 1.53. The summed E-state index contributed by atoms with van der Waals surface area (Å²) in [6, 6.07) is -0.313. The summed E-state index contributed by atoms with van der Waals surface area (Å²) < 4.78 is 0. The van der Waals surface area contributed by atoms with Crippen LogP contribution in [0.25, 0.3) is 0 Å². The molecular formula is C11H18N2O. The van der Waals surface area contributed by atoms with E-state index in [1.165, 1.54) is 0 Å². The number of aliphatic hydroxyl groups is 1. The van der Waals surface area contributed by atoms with E-state index in [4.69, 9.17) is 5.41 Å². The Kier molecular flexibility index (Phi) is 3.89. The molecule has 1 aliphatic rings. The van der Waals surface area contributed by atoms with Gasteiger partial charge >= 0.3 is 0 Å². The lowest BCUT2D eigenvalue weighted by Gasteiger charge is -2.22. The van der Waals surface area contributed by atoms with Crippen LogP contribution in [-0.4, -0.2) is 23.9 Å². The van der Waals surface area contributed by atoms with Gasteiger partial charge in [0.1, 0.15) is 11.8 Å². The van der Waals surface area contributed by atoms with E-state index in [2.05, 4.69) is 12.2 Å². The monoisotopic (exact) mass is 194 g/mol. The smallest absolute Gasteiger partial charge is 0.115 e. The van der Waals surface area contributed by atoms with E-state index in [9.17, 15) is 5.11 Å². The minimum atomic E-state index is -0.313. The molecular weight excluding hydrogens is 176 g/mol. The first-order chi connectivity index (χ1) is 6.70. The molecule has 0 spiro atoms. The van der Waals surface area contributed by atoms with Crippen LogP contribution in [0.5, 0.6) is 0 Å². The second kappa shape index (κ2) is 4.96. The zero-order valence-electron chi connectivity index (χ0n) is 8.80. The summed E-state index contributed by atoms with van der Waals surface area (Å²) in [7, 11) is 1.76. The van der Waals surface area contributed by atoms with Crippen LogP contribution in [0, 0.1) is 5.41 Å². The third kappa shape index (κ3) is 2.23. The summed E-state index contributed by atoms with van der Waals surface area (Å²) >= 11 is 0. The number of unbranched alkanes of at least 4 members (excludes halogenated alkanes) is 1. The fourth-order valence-corrected chi connectivity index (χ4v) is 1.58. The number of nitrogens with one attached hydrogen (secondary N) is 2. The van der Waals surface area contributed by atoms with Crippen molar-refractivity contribution in [3.63, 3.8) is 0 Å². The zero-order valence-corrected chi connectivity index (χ0v) is 8.80. The molecule has 1 atom stereocenters. The van der Waals surface area contributed by atoms with Gasteiger partial charge in [-0.3, -0.25) is 0 Å². The maximum atomic E-state index is 9.50. The van der Waals surface area contributed by atoms with E-state index in [0.29, 0.717) is 5.71 Å². The van der Waals surface area contributed by atoms with Crippen LogP contribution in [0.3, 0.4) is 0 Å². The molecule has 3 heteroatoms. The fourth-order valence-electron chi connectivity index (χ4n) is 1.58. The second-order valence-electron chi connectivity index (χ2n) is 3.52. The summed E-state index contributed by atoms with van der Waals surface area (Å²) in [5, 5.41) is 20.3. The Balaban J connectivity index is 2.73. The highest BCUT2D eigenvalue weighted by Crippen LogP contribution is 2.18. The third-order valence-corrected chi connectivity index (χ3v) is 2.47. The molecule has 0 heterocycles. The van der Waals surface area contributed by atoms with Crippen LogP contribution in [0.4, 0.5) is 0 Å². The number of hydrogen-bond donors (Lipinski definition) is 3. The first kappa shape index (κ1) is 11.0. The van der Waals surface area contributed by atoms with E-state index in [1.54, 1.807) is 13.1 Å². The molecule has 1 unspecified atom stereocenters. The van der Waals surface area contributed by atoms with Gasteiger partial charge in [-0.25, -0.2) is 0 Å². The van der Waals surface area contributed by atoms with E-state index in [-0.39, 0.29) is 11.8 Å². The van der Waals surface area contributed by atoms with Gasteiger partial charge in [0.2, 0.25) is 0 Å². The molecule has 0 bridgehead atoms. The number of allylic oxidation sites excluding steroid dienone is 2. The maximum Gasteiger partial charge on any atom is 0.115 e. The van der Waals surface area contributed by atoms with Gasteiger partial charge in [-0.05, 0) is 31.5 Å². The van der Waals surface area contributed by atoms with Gasteiger partial charge in [0.05, 0.1) is 5.71 Å². The summed E-state index contributed by atoms with van der Waals surface area (Å²) in [6.07, 6.45) is 6.69. The van der Waals surface area contributed by atoms with Crippen molar-refractivity contribution in [1.29, 1.82) is 5.41 Å². The SMILES string of the molecule is CCCCC1=CC=C(O)C(NC)C1=N. The molecule has 0 aromatic rings. The van der Waals surface area contributed by atoms with Crippen molar-refractivity contribution in [3.05, 3.63) is 23.5 Å². The van der Waals surface area contributed by atoms with E-state index in [0.717, 1.165) is 24.8 Å². The minimum Gasteiger partial charge on any atom is -0.510 e. The number of aliphatic hydroxyl groups excluding tert-OH is 1. The molecule has 0 aromatic carbocycles. The molecule has 3 N–H and O–H groups in total. The Labute approximate surface area is 85.0 Å². The standard InChI is InChI=1S/C11H18N2O/c1-3-4-5-8-6-7-9(14)11(13-2)10(8)12/h6-7,11-14H,3-5H2,1-2H3. The molecule has 0 saturated heterocycles. The number of likely N-dealkylation sites (N-methyl/N-ethyl adjacent to an activating group) is 1. The molecule has 0 radical (unpaired) electrons. The van der Waals surface area contributed by atoms with Crippen LogP contribution in [0.2, 0.25) is 0 Å². The van der Waals surface area contributed by atoms with Gasteiger partial charge in [0, 0.05) is 0 Å². The summed E-state index contributed by atoms with van der Waals surface area (Å²) in [4.78, 5) is 0. The van der Waals surface area contributed by atoms with Gasteiger partial charge in [-0.1, -0.05) is 19.4 Å². The Morgan fingerprint density at radius 2 is 2.21 bits per heavy atom. The van der Waals surface area contributed by atoms with E-state index in [1.807, 2.05) is 6.08 Å². The highest BCUT2D eigenvalue weighted by molar-refractivity contribution is 6.04. The molecule has 0 aromatic heterocycles. The highest BCUT2D eigenvalue weighted by Gasteiger charge is 2.22. The molecule has 0 fully saturated rings. The maximum absolute atomic E-state index is 9.50. The van der Waals surface area contributed by atoms with E-state index >= 15 is 0 Å². The van der Waals surface area contributed by atoms with Crippen molar-refractivity contribution in [2.75, 3.05) is 7.05 Å². The normalized spacial score (nSPS) is 21.9. The lowest BCUT2D eigenvalue weighted by atomic mass is 9.93. The van der Waals surface area contributed by atoms with Gasteiger partial charge in [0.15, 0.2) is 0 Å². The molecule has 78 valence electrons. The van der Waals surface area contributed by atoms with Gasteiger partial charge in [-0.15, -0.1) is 0 Å². The predicted molar refractivity (Wildman–Crippen MR) is 58.9 cm³/mol. The average molecular weight is 194 g/mol. The Hall–Kier alpha value is -1.09. The minimum absolute atomic E-state index is 0.234. The van der Waals surface area contributed by atoms with Crippen molar-refractivity contribution >= 4 is 5.71 Å². The molecule has 3 nitrogen and oxygen atoms in total. The molecule has 14 heavy (non-hydrogen) atoms. The van der Waals surface area contributed by atoms with Crippen LogP contribution in [-0.2, 0) is 0 Å². The van der Waals surface area contributed by atoms with Crippen molar-refractivity contribution in [2.24, 2.45) is 0 Å². The highest BCUT2D eigenvalue weighted by atomic mass is 16.3. The fraction of sp³-hybridized carbons (Fsp3) is 0.545. The Bertz CT molecular complexity index is 279. The molecule has 0 amide bonds. The van der Waals surface area contributed by atoms with Crippen molar-refractivity contribution in [3.8, 4) is 0 Å². The number of rotatable bonds is 4. The zero-order chi connectivity index (χ0) is 10.6. The van der Waals surface area contributed by atoms with Crippen LogP contribution < -0.4 is 5.32 Å². The van der Waals surface area contributed by atoms with Crippen molar-refractivity contribution in [1.82, 2.24) is 5.32 Å². The van der Waals surface area contributed by atoms with Gasteiger partial charge < -0.3 is 15.8 Å². The van der Waals surface area contributed by atoms with Crippen LogP contribution in [0.15, 0.2) is 23.5 Å². The van der Waals surface area contributed by atoms with Gasteiger partial charge in [-0.2, -0.15) is 0 Å². The molecule has 1 aliphatic carbocycles. The second-order valence-corrected chi connectivity index (χ2v) is 3.52. The third-order valence-electron chi connectivity index (χ3n) is 2.47. The van der Waals surface area contributed by atoms with Crippen LogP contribution in [0.1, 0.15) is 26.2 Å². The molecule has 0 saturated carbocycles. The van der Waals surface area contributed by atoms with Crippen molar-refractivity contribution < 1.29 is 5.11 Å². The van der Waals surface area contributed by atoms with Gasteiger partial charge in [0.25, 0.3) is 0 Å². The van der Waals surface area contributed by atoms with E-state index < -0.39 is 0 Å². The topological polar surface area (TPSA) is 56.1 Å². The van der Waals surface area contributed by atoms with Crippen LogP contribution >= 0.6 is 0 Å². The lowest BCUT2D eigenvalue weighted by Crippen LogP contribution is -2.37. The first-order valence-corrected chi connectivity index (χ1v) is 5.06. The quantitative estimate of drug-likeness (QED) is 0.642. The molecule has 1 rings (SSSR count). The summed E-state index contributed by atoms with van der Waals surface area (Å²) in [5.74, 6) is 0.234. The van der Waals surface area contributed by atoms with Crippen molar-refractivity contribution in [2.45, 2.75) is 32.2 Å². The average Bonchev–Trinajstić information content (AvgIpc) is 2.18. The lowest BCUT2D eigenvalue weighted by molar-refractivity contribution is 0.374. The summed E-state index contributed by atoms with van der Waals surface area (Å²) in [6.45, 7) is 2.13. The predicted octanol–water partition coefficient (Wildman–Crippen LogP) is 2.17. The molecule has 0 aliphatic heterocycles. The first-order valence-electron chi connectivity index (χ1n) is 5.06. The number of hydrogen-bond acceptors (Lipinski definition) is 3.